The van der Waals surface area contributed by atoms with Crippen molar-refractivity contribution in [1.82, 2.24) is 9.97 Å². The number of benzene rings is 1. The molecule has 3 N–H and O–H groups in total. The summed E-state index contributed by atoms with van der Waals surface area (Å²) in [6, 6.07) is 0.242. The number of aliphatic hydroxyl groups is 1. The van der Waals surface area contributed by atoms with Crippen LogP contribution in [0, 0.1) is 11.6 Å². The number of aromatic nitrogens is 2. The highest BCUT2D eigenvalue weighted by Crippen LogP contribution is 2.43. The number of rotatable bonds is 6. The van der Waals surface area contributed by atoms with Crippen LogP contribution in [0.4, 0.5) is 31.0 Å². The number of aromatic hydroxyl groups is 1. The zero-order chi connectivity index (χ0) is 24.0. The van der Waals surface area contributed by atoms with Crippen molar-refractivity contribution in [3.8, 4) is 11.5 Å². The predicted octanol–water partition coefficient (Wildman–Crippen LogP) is 3.68. The lowest BCUT2D eigenvalue weighted by Crippen LogP contribution is -2.49. The van der Waals surface area contributed by atoms with E-state index in [1.54, 1.807) is 13.1 Å². The molecule has 1 aliphatic heterocycles. The van der Waals surface area contributed by atoms with Gasteiger partial charge in [-0.05, 0) is 45.4 Å². The van der Waals surface area contributed by atoms with Crippen LogP contribution in [0.15, 0.2) is 12.3 Å². The molecule has 0 bridgehead atoms. The Morgan fingerprint density at radius 2 is 1.91 bits per heavy atom. The number of fused-ring (bicyclic) bond motifs is 1. The van der Waals surface area contributed by atoms with Gasteiger partial charge >= 0.3 is 6.03 Å². The molecule has 2 aromatic rings. The standard InChI is InChI=1S/C23H27F2N5O4/c1-2-34-17-9-16(32)18(24)20(19(17)25)29-11-12-10-26-22(27-13-3-7-15(31)8-4-13)28-21(12)30(23(29)33)14-5-6-14/h9-10,13-15,31-32H,2-8,11H2,1H3,(H,26,27,28). The number of amides is 2. The van der Waals surface area contributed by atoms with Crippen LogP contribution in [-0.2, 0) is 6.54 Å². The predicted molar refractivity (Wildman–Crippen MR) is 120 cm³/mol. The van der Waals surface area contributed by atoms with Gasteiger partial charge in [0, 0.05) is 29.9 Å². The summed E-state index contributed by atoms with van der Waals surface area (Å²) < 4.78 is 35.3. The Morgan fingerprint density at radius 1 is 1.18 bits per heavy atom. The molecule has 2 saturated carbocycles. The normalized spacial score (nSPS) is 22.5. The van der Waals surface area contributed by atoms with Gasteiger partial charge in [0.15, 0.2) is 23.1 Å². The van der Waals surface area contributed by atoms with Crippen LogP contribution in [0.5, 0.6) is 11.5 Å². The van der Waals surface area contributed by atoms with Crippen LogP contribution in [0.25, 0.3) is 0 Å². The fourth-order valence-corrected chi connectivity index (χ4v) is 4.57. The van der Waals surface area contributed by atoms with Crippen molar-refractivity contribution in [2.75, 3.05) is 21.7 Å². The summed E-state index contributed by atoms with van der Waals surface area (Å²) in [4.78, 5) is 24.9. The van der Waals surface area contributed by atoms with Crippen LogP contribution in [-0.4, -0.2) is 51.0 Å². The largest absolute Gasteiger partial charge is 0.505 e. The molecule has 11 heteroatoms. The number of ether oxygens (including phenoxy) is 1. The molecule has 9 nitrogen and oxygen atoms in total. The van der Waals surface area contributed by atoms with Crippen molar-refractivity contribution < 1.29 is 28.5 Å². The van der Waals surface area contributed by atoms with E-state index >= 15 is 4.39 Å². The Labute approximate surface area is 195 Å². The van der Waals surface area contributed by atoms with E-state index in [1.165, 1.54) is 4.90 Å². The Balaban J connectivity index is 1.49. The number of aliphatic hydroxyl groups excluding tert-OH is 1. The van der Waals surface area contributed by atoms with Crippen LogP contribution in [0.2, 0.25) is 0 Å². The van der Waals surface area contributed by atoms with Gasteiger partial charge in [-0.1, -0.05) is 0 Å². The number of carbonyl (C=O) groups is 1. The van der Waals surface area contributed by atoms with Crippen molar-refractivity contribution in [2.24, 2.45) is 0 Å². The second-order valence-corrected chi connectivity index (χ2v) is 8.97. The molecule has 1 aromatic heterocycles. The topological polar surface area (TPSA) is 111 Å². The first-order valence-electron chi connectivity index (χ1n) is 11.6. The Morgan fingerprint density at radius 3 is 2.59 bits per heavy atom. The molecule has 0 unspecified atom stereocenters. The van der Waals surface area contributed by atoms with E-state index < -0.39 is 29.1 Å². The highest BCUT2D eigenvalue weighted by Gasteiger charge is 2.44. The van der Waals surface area contributed by atoms with E-state index in [9.17, 15) is 19.4 Å². The molecule has 182 valence electrons. The molecule has 3 aliphatic rings. The lowest BCUT2D eigenvalue weighted by molar-refractivity contribution is 0.126. The Bertz CT molecular complexity index is 1110. The molecule has 0 saturated heterocycles. The molecule has 0 radical (unpaired) electrons. The fourth-order valence-electron chi connectivity index (χ4n) is 4.57. The van der Waals surface area contributed by atoms with E-state index in [-0.39, 0.29) is 37.1 Å². The lowest BCUT2D eigenvalue weighted by atomic mass is 9.93. The summed E-state index contributed by atoms with van der Waals surface area (Å²) in [6.45, 7) is 1.58. The van der Waals surface area contributed by atoms with Gasteiger partial charge in [0.2, 0.25) is 5.95 Å². The van der Waals surface area contributed by atoms with E-state index in [1.807, 2.05) is 0 Å². The zero-order valence-corrected chi connectivity index (χ0v) is 18.8. The summed E-state index contributed by atoms with van der Waals surface area (Å²) in [7, 11) is 0. The monoisotopic (exact) mass is 475 g/mol. The third-order valence-electron chi connectivity index (χ3n) is 6.47. The fraction of sp³-hybridized carbons (Fsp3) is 0.522. The summed E-state index contributed by atoms with van der Waals surface area (Å²) in [6.07, 6.45) is 5.77. The van der Waals surface area contributed by atoms with Gasteiger partial charge in [0.25, 0.3) is 0 Å². The average molecular weight is 475 g/mol. The van der Waals surface area contributed by atoms with Gasteiger partial charge in [-0.2, -0.15) is 4.98 Å². The minimum Gasteiger partial charge on any atom is -0.505 e. The second-order valence-electron chi connectivity index (χ2n) is 8.97. The van der Waals surface area contributed by atoms with E-state index in [0.29, 0.717) is 30.2 Å². The van der Waals surface area contributed by atoms with Crippen LogP contribution < -0.4 is 19.9 Å². The molecular weight excluding hydrogens is 448 g/mol. The van der Waals surface area contributed by atoms with E-state index in [4.69, 9.17) is 4.74 Å². The molecule has 34 heavy (non-hydrogen) atoms. The second kappa shape index (κ2) is 8.86. The number of carbonyl (C=O) groups excluding carboxylic acids is 1. The molecule has 1 aromatic carbocycles. The van der Waals surface area contributed by atoms with Gasteiger partial charge in [0.05, 0.1) is 19.3 Å². The minimum absolute atomic E-state index is 0.107. The van der Waals surface area contributed by atoms with Gasteiger partial charge in [-0.3, -0.25) is 9.80 Å². The number of halogens is 2. The summed E-state index contributed by atoms with van der Waals surface area (Å²) in [5.74, 6) is -2.62. The average Bonchev–Trinajstić information content (AvgIpc) is 3.65. The van der Waals surface area contributed by atoms with Crippen molar-refractivity contribution in [1.29, 1.82) is 0 Å². The highest BCUT2D eigenvalue weighted by molar-refractivity contribution is 6.06. The summed E-state index contributed by atoms with van der Waals surface area (Å²) in [5, 5.41) is 23.0. The van der Waals surface area contributed by atoms with Crippen molar-refractivity contribution >= 4 is 23.5 Å². The van der Waals surface area contributed by atoms with Crippen LogP contribution in [0.3, 0.4) is 0 Å². The lowest BCUT2D eigenvalue weighted by Gasteiger charge is -2.36. The summed E-state index contributed by atoms with van der Waals surface area (Å²) in [5.41, 5.74) is -0.121. The molecule has 0 atom stereocenters. The van der Waals surface area contributed by atoms with Crippen molar-refractivity contribution in [3.63, 3.8) is 0 Å². The Kier molecular flexibility index (Phi) is 5.88. The first kappa shape index (κ1) is 22.6. The molecule has 2 fully saturated rings. The molecule has 2 amide bonds. The minimum atomic E-state index is -1.23. The van der Waals surface area contributed by atoms with Gasteiger partial charge in [-0.15, -0.1) is 0 Å². The van der Waals surface area contributed by atoms with Crippen LogP contribution in [0.1, 0.15) is 51.0 Å². The molecule has 2 heterocycles. The number of nitrogens with one attached hydrogen (secondary N) is 1. The maximum Gasteiger partial charge on any atom is 0.330 e. The maximum absolute atomic E-state index is 15.2. The number of phenolic OH excluding ortho intramolecular Hbond substituents is 1. The third kappa shape index (κ3) is 4.08. The molecule has 0 spiro atoms. The van der Waals surface area contributed by atoms with E-state index in [0.717, 1.165) is 36.6 Å². The number of hydrogen-bond donors (Lipinski definition) is 3. The molecular formula is C23H27F2N5O4. The van der Waals surface area contributed by atoms with Gasteiger partial charge in [-0.25, -0.2) is 18.6 Å². The van der Waals surface area contributed by atoms with Crippen molar-refractivity contribution in [3.05, 3.63) is 29.5 Å². The van der Waals surface area contributed by atoms with E-state index in [2.05, 4.69) is 15.3 Å². The SMILES string of the molecule is CCOc1cc(O)c(F)c(N2Cc3cnc(NC4CCC(O)CC4)nc3N(C3CC3)C2=O)c1F. The number of anilines is 3. The third-order valence-corrected chi connectivity index (χ3v) is 6.47. The first-order valence-corrected chi connectivity index (χ1v) is 11.6. The van der Waals surface area contributed by atoms with Gasteiger partial charge in [0.1, 0.15) is 11.5 Å². The highest BCUT2D eigenvalue weighted by atomic mass is 19.1. The van der Waals surface area contributed by atoms with Gasteiger partial charge < -0.3 is 20.3 Å². The van der Waals surface area contributed by atoms with Crippen LogP contribution >= 0.6 is 0 Å². The molecule has 5 rings (SSSR count). The first-order chi connectivity index (χ1) is 16.4. The number of hydrogen-bond acceptors (Lipinski definition) is 7. The number of nitrogens with zero attached hydrogens (tertiary/aromatic N) is 4. The quantitative estimate of drug-likeness (QED) is 0.584. The maximum atomic E-state index is 15.2. The number of phenols is 1. The zero-order valence-electron chi connectivity index (χ0n) is 18.8. The Hall–Kier alpha value is -3.21. The number of urea groups is 1. The van der Waals surface area contributed by atoms with Crippen molar-refractivity contribution in [2.45, 2.75) is 70.2 Å². The molecule has 2 aliphatic carbocycles. The smallest absolute Gasteiger partial charge is 0.330 e. The summed E-state index contributed by atoms with van der Waals surface area (Å²) >= 11 is 0.